The van der Waals surface area contributed by atoms with Crippen molar-refractivity contribution in [3.63, 3.8) is 0 Å². The molecule has 1 aliphatic heterocycles. The van der Waals surface area contributed by atoms with Crippen LogP contribution >= 0.6 is 0 Å². The third-order valence-corrected chi connectivity index (χ3v) is 4.33. The molecule has 0 spiro atoms. The van der Waals surface area contributed by atoms with Crippen molar-refractivity contribution in [2.24, 2.45) is 12.8 Å². The fraction of sp³-hybridized carbons (Fsp3) is 0.846. The van der Waals surface area contributed by atoms with Crippen molar-refractivity contribution >= 4 is 0 Å². The zero-order chi connectivity index (χ0) is 13.9. The largest absolute Gasteiger partial charge is 0.379 e. The maximum atomic E-state index is 6.48. The van der Waals surface area contributed by atoms with Crippen LogP contribution in [0.25, 0.3) is 0 Å². The van der Waals surface area contributed by atoms with Gasteiger partial charge in [0.15, 0.2) is 0 Å². The fourth-order valence-corrected chi connectivity index (χ4v) is 2.73. The second-order valence-electron chi connectivity index (χ2n) is 5.50. The van der Waals surface area contributed by atoms with Crippen molar-refractivity contribution in [2.45, 2.75) is 38.3 Å². The first-order chi connectivity index (χ1) is 9.06. The highest BCUT2D eigenvalue weighted by atomic mass is 16.5. The standard InChI is InChI=1S/C13H25N5O/c1-4-13(2,18-5-7-19-8-6-18)12(14)9-11-10-17(3)16-15-11/h10,12H,4-9,14H2,1-3H3. The first-order valence-corrected chi connectivity index (χ1v) is 7.00. The van der Waals surface area contributed by atoms with E-state index in [-0.39, 0.29) is 11.6 Å². The Hall–Kier alpha value is -0.980. The van der Waals surface area contributed by atoms with Crippen molar-refractivity contribution in [1.82, 2.24) is 19.9 Å². The van der Waals surface area contributed by atoms with E-state index in [9.17, 15) is 0 Å². The van der Waals surface area contributed by atoms with Gasteiger partial charge in [-0.2, -0.15) is 0 Å². The molecule has 1 aliphatic rings. The van der Waals surface area contributed by atoms with Gasteiger partial charge in [-0.15, -0.1) is 5.10 Å². The minimum absolute atomic E-state index is 0.0126. The Morgan fingerprint density at radius 1 is 1.47 bits per heavy atom. The molecule has 1 fully saturated rings. The summed E-state index contributed by atoms with van der Waals surface area (Å²) in [6, 6.07) is 0.0484. The molecule has 0 bridgehead atoms. The molecular weight excluding hydrogens is 242 g/mol. The summed E-state index contributed by atoms with van der Waals surface area (Å²) in [6.45, 7) is 7.96. The van der Waals surface area contributed by atoms with E-state index in [4.69, 9.17) is 10.5 Å². The molecule has 6 nitrogen and oxygen atoms in total. The van der Waals surface area contributed by atoms with Gasteiger partial charge in [0.1, 0.15) is 0 Å². The molecule has 0 aromatic carbocycles. The van der Waals surface area contributed by atoms with Gasteiger partial charge in [0, 0.05) is 44.3 Å². The number of nitrogens with two attached hydrogens (primary N) is 1. The van der Waals surface area contributed by atoms with Crippen LogP contribution in [0, 0.1) is 0 Å². The highest BCUT2D eigenvalue weighted by molar-refractivity contribution is 5.03. The Kier molecular flexibility index (Phi) is 4.54. The van der Waals surface area contributed by atoms with Gasteiger partial charge < -0.3 is 10.5 Å². The van der Waals surface area contributed by atoms with Gasteiger partial charge in [-0.05, 0) is 13.3 Å². The van der Waals surface area contributed by atoms with Crippen molar-refractivity contribution in [3.05, 3.63) is 11.9 Å². The zero-order valence-electron chi connectivity index (χ0n) is 12.2. The number of morpholine rings is 1. The lowest BCUT2D eigenvalue weighted by molar-refractivity contribution is -0.0273. The molecule has 1 aromatic rings. The third kappa shape index (κ3) is 3.13. The van der Waals surface area contributed by atoms with Crippen LogP contribution in [-0.4, -0.2) is 57.8 Å². The van der Waals surface area contributed by atoms with E-state index in [0.29, 0.717) is 0 Å². The van der Waals surface area contributed by atoms with Crippen molar-refractivity contribution in [3.8, 4) is 0 Å². The number of hydrogen-bond acceptors (Lipinski definition) is 5. The second kappa shape index (κ2) is 5.98. The quantitative estimate of drug-likeness (QED) is 0.824. The Bertz CT molecular complexity index is 401. The van der Waals surface area contributed by atoms with E-state index in [1.807, 2.05) is 13.2 Å². The number of aryl methyl sites for hydroxylation is 1. The zero-order valence-corrected chi connectivity index (χ0v) is 12.2. The maximum absolute atomic E-state index is 6.48. The van der Waals surface area contributed by atoms with Crippen molar-refractivity contribution in [1.29, 1.82) is 0 Å². The average Bonchev–Trinajstić information content (AvgIpc) is 2.84. The van der Waals surface area contributed by atoms with E-state index in [0.717, 1.165) is 44.8 Å². The molecule has 1 aromatic heterocycles. The summed E-state index contributed by atoms with van der Waals surface area (Å²) in [5.41, 5.74) is 7.42. The van der Waals surface area contributed by atoms with Crippen molar-refractivity contribution < 1.29 is 4.74 Å². The molecular formula is C13H25N5O. The monoisotopic (exact) mass is 267 g/mol. The Labute approximate surface area is 114 Å². The highest BCUT2D eigenvalue weighted by Crippen LogP contribution is 2.25. The predicted molar refractivity (Wildman–Crippen MR) is 73.8 cm³/mol. The van der Waals surface area contributed by atoms with Crippen LogP contribution in [-0.2, 0) is 18.2 Å². The van der Waals surface area contributed by atoms with E-state index < -0.39 is 0 Å². The predicted octanol–water partition coefficient (Wildman–Crippen LogP) is 0.186. The maximum Gasteiger partial charge on any atom is 0.0843 e. The lowest BCUT2D eigenvalue weighted by Crippen LogP contribution is -2.61. The van der Waals surface area contributed by atoms with Gasteiger partial charge in [-0.25, -0.2) is 0 Å². The Morgan fingerprint density at radius 2 is 2.16 bits per heavy atom. The highest BCUT2D eigenvalue weighted by Gasteiger charge is 2.37. The first-order valence-electron chi connectivity index (χ1n) is 7.00. The van der Waals surface area contributed by atoms with Crippen LogP contribution < -0.4 is 5.73 Å². The minimum atomic E-state index is -0.0126. The minimum Gasteiger partial charge on any atom is -0.379 e. The lowest BCUT2D eigenvalue weighted by Gasteiger charge is -2.46. The van der Waals surface area contributed by atoms with Gasteiger partial charge in [0.2, 0.25) is 0 Å². The Balaban J connectivity index is 2.06. The smallest absolute Gasteiger partial charge is 0.0843 e. The third-order valence-electron chi connectivity index (χ3n) is 4.33. The summed E-state index contributed by atoms with van der Waals surface area (Å²) in [5.74, 6) is 0. The van der Waals surface area contributed by atoms with Crippen LogP contribution in [0.1, 0.15) is 26.0 Å². The molecule has 2 heterocycles. The van der Waals surface area contributed by atoms with Gasteiger partial charge >= 0.3 is 0 Å². The summed E-state index contributed by atoms with van der Waals surface area (Å²) in [6.07, 6.45) is 3.72. The number of ether oxygens (including phenoxy) is 1. The average molecular weight is 267 g/mol. The molecule has 0 aliphatic carbocycles. The summed E-state index contributed by atoms with van der Waals surface area (Å²) in [7, 11) is 1.88. The molecule has 2 N–H and O–H groups in total. The molecule has 2 atom stereocenters. The summed E-state index contributed by atoms with van der Waals surface area (Å²) in [4.78, 5) is 2.46. The molecule has 0 amide bonds. The van der Waals surface area contributed by atoms with E-state index in [1.54, 1.807) is 4.68 Å². The lowest BCUT2D eigenvalue weighted by atomic mass is 9.85. The second-order valence-corrected chi connectivity index (χ2v) is 5.50. The van der Waals surface area contributed by atoms with E-state index >= 15 is 0 Å². The molecule has 108 valence electrons. The van der Waals surface area contributed by atoms with E-state index in [2.05, 4.69) is 29.1 Å². The van der Waals surface area contributed by atoms with Gasteiger partial charge in [0.05, 0.1) is 18.9 Å². The normalized spacial score (nSPS) is 22.1. The molecule has 2 unspecified atom stereocenters. The summed E-state index contributed by atoms with van der Waals surface area (Å²) in [5, 5.41) is 8.11. The molecule has 6 heteroatoms. The molecule has 0 radical (unpaired) electrons. The first kappa shape index (κ1) is 14.4. The van der Waals surface area contributed by atoms with Crippen LogP contribution in [0.3, 0.4) is 0 Å². The number of nitrogens with zero attached hydrogens (tertiary/aromatic N) is 4. The van der Waals surface area contributed by atoms with Crippen LogP contribution in [0.15, 0.2) is 6.20 Å². The van der Waals surface area contributed by atoms with Crippen LogP contribution in [0.5, 0.6) is 0 Å². The van der Waals surface area contributed by atoms with Crippen LogP contribution in [0.2, 0.25) is 0 Å². The van der Waals surface area contributed by atoms with Gasteiger partial charge in [-0.3, -0.25) is 9.58 Å². The Morgan fingerprint density at radius 3 is 2.68 bits per heavy atom. The molecule has 2 rings (SSSR count). The van der Waals surface area contributed by atoms with Gasteiger partial charge in [-0.1, -0.05) is 12.1 Å². The molecule has 1 saturated heterocycles. The number of hydrogen-bond donors (Lipinski definition) is 1. The fourth-order valence-electron chi connectivity index (χ4n) is 2.73. The number of aromatic nitrogens is 3. The molecule has 19 heavy (non-hydrogen) atoms. The summed E-state index contributed by atoms with van der Waals surface area (Å²) < 4.78 is 7.15. The van der Waals surface area contributed by atoms with Crippen LogP contribution in [0.4, 0.5) is 0 Å². The van der Waals surface area contributed by atoms with Gasteiger partial charge in [0.25, 0.3) is 0 Å². The SMILES string of the molecule is CCC(C)(C(N)Cc1cn(C)nn1)N1CCOCC1. The number of rotatable bonds is 5. The molecule has 0 saturated carbocycles. The summed E-state index contributed by atoms with van der Waals surface area (Å²) >= 11 is 0. The topological polar surface area (TPSA) is 69.2 Å². The van der Waals surface area contributed by atoms with Crippen molar-refractivity contribution in [2.75, 3.05) is 26.3 Å². The van der Waals surface area contributed by atoms with E-state index in [1.165, 1.54) is 0 Å².